The van der Waals surface area contributed by atoms with Crippen molar-refractivity contribution in [3.05, 3.63) is 182 Å². The van der Waals surface area contributed by atoms with Crippen LogP contribution in [0.2, 0.25) is 0 Å². The normalized spacial score (nSPS) is 11.1. The third kappa shape index (κ3) is 5.16. The van der Waals surface area contributed by atoms with Gasteiger partial charge < -0.3 is 10.6 Å². The van der Waals surface area contributed by atoms with Gasteiger partial charge in [-0.3, -0.25) is 0 Å². The first-order chi connectivity index (χ1) is 22.7. The zero-order chi connectivity index (χ0) is 30.9. The van der Waals surface area contributed by atoms with Crippen LogP contribution >= 0.6 is 0 Å². The van der Waals surface area contributed by atoms with E-state index < -0.39 is 0 Å². The standard InChI is InChI=1S/C44H32N2/c45-37-23-15-31(16-24-37)32-17-25-38(26-18-32)46(39-27-19-35(20-28-39)43-13-5-9-33-7-1-3-11-41(33)43)40-29-21-36(22-30-40)44-14-6-10-34-8-2-4-12-42(34)44/h1-30H,45H2. The predicted octanol–water partition coefficient (Wildman–Crippen LogP) is 12.0. The Balaban J connectivity index is 1.19. The van der Waals surface area contributed by atoms with E-state index in [2.05, 4.69) is 175 Å². The first-order valence-corrected chi connectivity index (χ1v) is 15.6. The molecule has 2 nitrogen and oxygen atoms in total. The van der Waals surface area contributed by atoms with Gasteiger partial charge in [-0.25, -0.2) is 0 Å². The Morgan fingerprint density at radius 3 is 1.09 bits per heavy atom. The van der Waals surface area contributed by atoms with E-state index in [1.165, 1.54) is 43.8 Å². The zero-order valence-corrected chi connectivity index (χ0v) is 25.3. The van der Waals surface area contributed by atoms with Crippen molar-refractivity contribution in [2.24, 2.45) is 0 Å². The average Bonchev–Trinajstić information content (AvgIpc) is 3.13. The highest BCUT2D eigenvalue weighted by atomic mass is 15.1. The smallest absolute Gasteiger partial charge is 0.0462 e. The fourth-order valence-electron chi connectivity index (χ4n) is 6.46. The van der Waals surface area contributed by atoms with Gasteiger partial charge in [0.1, 0.15) is 0 Å². The van der Waals surface area contributed by atoms with Crippen molar-refractivity contribution in [3.8, 4) is 33.4 Å². The van der Waals surface area contributed by atoms with Crippen LogP contribution in [-0.2, 0) is 0 Å². The van der Waals surface area contributed by atoms with E-state index in [9.17, 15) is 0 Å². The molecule has 8 rings (SSSR count). The summed E-state index contributed by atoms with van der Waals surface area (Å²) in [5.41, 5.74) is 17.2. The van der Waals surface area contributed by atoms with Crippen LogP contribution in [0, 0.1) is 0 Å². The second-order valence-electron chi connectivity index (χ2n) is 11.7. The summed E-state index contributed by atoms with van der Waals surface area (Å²) in [7, 11) is 0. The lowest BCUT2D eigenvalue weighted by Crippen LogP contribution is -2.09. The van der Waals surface area contributed by atoms with E-state index in [1.807, 2.05) is 12.1 Å². The number of rotatable bonds is 6. The Kier molecular flexibility index (Phi) is 7.01. The van der Waals surface area contributed by atoms with Gasteiger partial charge in [0.05, 0.1) is 0 Å². The Morgan fingerprint density at radius 2 is 0.652 bits per heavy atom. The number of fused-ring (bicyclic) bond motifs is 2. The molecule has 0 bridgehead atoms. The Morgan fingerprint density at radius 1 is 0.304 bits per heavy atom. The highest BCUT2D eigenvalue weighted by molar-refractivity contribution is 5.98. The van der Waals surface area contributed by atoms with Gasteiger partial charge in [-0.1, -0.05) is 133 Å². The lowest BCUT2D eigenvalue weighted by atomic mass is 9.97. The molecule has 0 spiro atoms. The number of nitrogen functional groups attached to an aromatic ring is 1. The van der Waals surface area contributed by atoms with Crippen LogP contribution in [0.4, 0.5) is 22.7 Å². The highest BCUT2D eigenvalue weighted by Gasteiger charge is 2.15. The van der Waals surface area contributed by atoms with Crippen LogP contribution < -0.4 is 10.6 Å². The quantitative estimate of drug-likeness (QED) is 0.196. The number of hydrogen-bond acceptors (Lipinski definition) is 2. The van der Waals surface area contributed by atoms with Crippen LogP contribution in [0.25, 0.3) is 54.9 Å². The first-order valence-electron chi connectivity index (χ1n) is 15.6. The summed E-state index contributed by atoms with van der Waals surface area (Å²) in [5, 5.41) is 5.02. The Bertz CT molecular complexity index is 2150. The molecule has 0 heterocycles. The number of benzene rings is 8. The highest BCUT2D eigenvalue weighted by Crippen LogP contribution is 2.39. The second kappa shape index (κ2) is 11.8. The molecule has 8 aromatic carbocycles. The molecule has 0 amide bonds. The number of hydrogen-bond donors (Lipinski definition) is 1. The number of nitrogens with two attached hydrogens (primary N) is 1. The van der Waals surface area contributed by atoms with Gasteiger partial charge >= 0.3 is 0 Å². The van der Waals surface area contributed by atoms with Crippen LogP contribution in [0.3, 0.4) is 0 Å². The third-order valence-corrected chi connectivity index (χ3v) is 8.82. The van der Waals surface area contributed by atoms with E-state index in [-0.39, 0.29) is 0 Å². The molecule has 0 radical (unpaired) electrons. The minimum atomic E-state index is 0.769. The van der Waals surface area contributed by atoms with Crippen molar-refractivity contribution in [2.45, 2.75) is 0 Å². The number of nitrogens with zero attached hydrogens (tertiary/aromatic N) is 1. The SMILES string of the molecule is Nc1ccc(-c2ccc(N(c3ccc(-c4cccc5ccccc45)cc3)c3ccc(-c4cccc5ccccc45)cc3)cc2)cc1. The zero-order valence-electron chi connectivity index (χ0n) is 25.3. The van der Waals surface area contributed by atoms with Crippen LogP contribution in [0.5, 0.6) is 0 Å². The van der Waals surface area contributed by atoms with Crippen molar-refractivity contribution in [3.63, 3.8) is 0 Å². The minimum Gasteiger partial charge on any atom is -0.399 e. The second-order valence-corrected chi connectivity index (χ2v) is 11.7. The van der Waals surface area contributed by atoms with Crippen LogP contribution in [0.15, 0.2) is 182 Å². The summed E-state index contributed by atoms with van der Waals surface area (Å²) in [6, 6.07) is 64.8. The lowest BCUT2D eigenvalue weighted by Gasteiger charge is -2.26. The average molecular weight is 589 g/mol. The van der Waals surface area contributed by atoms with E-state index in [0.29, 0.717) is 0 Å². The summed E-state index contributed by atoms with van der Waals surface area (Å²) in [6.45, 7) is 0. The third-order valence-electron chi connectivity index (χ3n) is 8.82. The van der Waals surface area contributed by atoms with Crippen molar-refractivity contribution >= 4 is 44.3 Å². The van der Waals surface area contributed by atoms with Gasteiger partial charge in [-0.15, -0.1) is 0 Å². The minimum absolute atomic E-state index is 0.769. The summed E-state index contributed by atoms with van der Waals surface area (Å²) >= 11 is 0. The summed E-state index contributed by atoms with van der Waals surface area (Å²) in [4.78, 5) is 2.33. The fraction of sp³-hybridized carbons (Fsp3) is 0. The lowest BCUT2D eigenvalue weighted by molar-refractivity contribution is 1.28. The van der Waals surface area contributed by atoms with Gasteiger partial charge in [-0.05, 0) is 103 Å². The van der Waals surface area contributed by atoms with Crippen LogP contribution in [-0.4, -0.2) is 0 Å². The molecule has 2 heteroatoms. The molecular formula is C44H32N2. The van der Waals surface area contributed by atoms with Crippen LogP contribution in [0.1, 0.15) is 0 Å². The topological polar surface area (TPSA) is 29.3 Å². The van der Waals surface area contributed by atoms with E-state index >= 15 is 0 Å². The Hall–Kier alpha value is -6.12. The van der Waals surface area contributed by atoms with Gasteiger partial charge in [0.25, 0.3) is 0 Å². The molecule has 218 valence electrons. The summed E-state index contributed by atoms with van der Waals surface area (Å²) in [5.74, 6) is 0. The molecule has 46 heavy (non-hydrogen) atoms. The molecule has 0 saturated heterocycles. The maximum atomic E-state index is 5.94. The molecule has 0 saturated carbocycles. The van der Waals surface area contributed by atoms with Crippen molar-refractivity contribution < 1.29 is 0 Å². The number of anilines is 4. The molecule has 0 aliphatic heterocycles. The summed E-state index contributed by atoms with van der Waals surface area (Å²) in [6.07, 6.45) is 0. The molecule has 2 N–H and O–H groups in total. The molecule has 0 aliphatic carbocycles. The van der Waals surface area contributed by atoms with Gasteiger partial charge in [-0.2, -0.15) is 0 Å². The molecule has 8 aromatic rings. The van der Waals surface area contributed by atoms with Crippen molar-refractivity contribution in [2.75, 3.05) is 10.6 Å². The summed E-state index contributed by atoms with van der Waals surface area (Å²) < 4.78 is 0. The van der Waals surface area contributed by atoms with Crippen molar-refractivity contribution in [1.82, 2.24) is 0 Å². The van der Waals surface area contributed by atoms with E-state index in [1.54, 1.807) is 0 Å². The predicted molar refractivity (Wildman–Crippen MR) is 197 cm³/mol. The molecule has 0 fully saturated rings. The monoisotopic (exact) mass is 588 g/mol. The largest absolute Gasteiger partial charge is 0.399 e. The molecule has 0 aliphatic rings. The maximum absolute atomic E-state index is 5.94. The van der Waals surface area contributed by atoms with Gasteiger partial charge in [0.15, 0.2) is 0 Å². The fourth-order valence-corrected chi connectivity index (χ4v) is 6.46. The Labute approximate surface area is 269 Å². The molecular weight excluding hydrogens is 556 g/mol. The van der Waals surface area contributed by atoms with E-state index in [0.717, 1.165) is 33.9 Å². The molecule has 0 aromatic heterocycles. The van der Waals surface area contributed by atoms with E-state index in [4.69, 9.17) is 5.73 Å². The molecule has 0 unspecified atom stereocenters. The molecule has 0 atom stereocenters. The van der Waals surface area contributed by atoms with Gasteiger partial charge in [0.2, 0.25) is 0 Å². The maximum Gasteiger partial charge on any atom is 0.0462 e. The van der Waals surface area contributed by atoms with Crippen molar-refractivity contribution in [1.29, 1.82) is 0 Å². The first kappa shape index (κ1) is 27.4. The van der Waals surface area contributed by atoms with Gasteiger partial charge in [0, 0.05) is 22.7 Å².